The Hall–Kier alpha value is -4.16. The van der Waals surface area contributed by atoms with Crippen LogP contribution in [0.3, 0.4) is 0 Å². The quantitative estimate of drug-likeness (QED) is 0.145. The summed E-state index contributed by atoms with van der Waals surface area (Å²) in [6.07, 6.45) is 0. The van der Waals surface area contributed by atoms with E-state index in [9.17, 15) is 0 Å². The number of hydrogen-bond donors (Lipinski definition) is 0. The number of rotatable bonds is 0. The van der Waals surface area contributed by atoms with Crippen molar-refractivity contribution >= 4 is 21.5 Å². The summed E-state index contributed by atoms with van der Waals surface area (Å²) in [5.74, 6) is 0. The molecular formula is C55H90. The maximum absolute atomic E-state index is 2.30. The minimum Gasteiger partial charge on any atom is -0.0683 e. The molecule has 1 aliphatic rings. The molecule has 0 aliphatic heterocycles. The van der Waals surface area contributed by atoms with E-state index in [0.717, 1.165) is 0 Å². The molecule has 0 heteroatoms. The van der Waals surface area contributed by atoms with E-state index in [0.29, 0.717) is 0 Å². The molecule has 0 saturated heterocycles. The lowest BCUT2D eigenvalue weighted by Gasteiger charge is -2.20. The van der Waals surface area contributed by atoms with Gasteiger partial charge in [-0.1, -0.05) is 298 Å². The molecule has 0 saturated carbocycles. The van der Waals surface area contributed by atoms with E-state index in [1.807, 2.05) is 138 Å². The second-order valence-electron chi connectivity index (χ2n) is 9.41. The van der Waals surface area contributed by atoms with Crippen LogP contribution in [0.15, 0.2) is 146 Å². The van der Waals surface area contributed by atoms with Crippen molar-refractivity contribution in [3.8, 4) is 11.1 Å². The van der Waals surface area contributed by atoms with Crippen LogP contribution >= 0.6 is 0 Å². The summed E-state index contributed by atoms with van der Waals surface area (Å²) in [7, 11) is 0. The highest BCUT2D eigenvalue weighted by Crippen LogP contribution is 2.47. The van der Waals surface area contributed by atoms with Gasteiger partial charge in [-0.15, -0.1) is 0 Å². The molecule has 310 valence electrons. The molecule has 0 nitrogen and oxygen atoms in total. The van der Waals surface area contributed by atoms with Gasteiger partial charge in [0.15, 0.2) is 0 Å². The lowest BCUT2D eigenvalue weighted by atomic mass is 9.82. The van der Waals surface area contributed by atoms with Crippen LogP contribution in [0.4, 0.5) is 0 Å². The average molecular weight is 751 g/mol. The Morgan fingerprint density at radius 3 is 0.545 bits per heavy atom. The molecule has 0 unspecified atom stereocenters. The molecule has 7 rings (SSSR count). The summed E-state index contributed by atoms with van der Waals surface area (Å²) in [5.41, 5.74) is 5.86. The first-order valence-corrected chi connectivity index (χ1v) is 22.2. The smallest absolute Gasteiger partial charge is 0.0158 e. The first-order chi connectivity index (χ1) is 27.1. The third kappa shape index (κ3) is 23.4. The minimum absolute atomic E-state index is 0.160. The summed E-state index contributed by atoms with van der Waals surface area (Å²) in [6.45, 7) is 44.6. The molecule has 0 bridgehead atoms. The van der Waals surface area contributed by atoms with Crippen LogP contribution in [0.5, 0.6) is 0 Å². The lowest BCUT2D eigenvalue weighted by molar-refractivity contribution is 0.660. The van der Waals surface area contributed by atoms with Crippen molar-refractivity contribution in [1.82, 2.24) is 0 Å². The maximum Gasteiger partial charge on any atom is 0.0158 e. The standard InChI is InChI=1S/C15H14.2C10H8.10C2H6/c1-15(2)13-9-5-3-7-11(13)12-8-4-6-10-14(12)15;2*1-2-6-10-8-4-3-7-9(10)5-1;10*1-2/h3-10H,1-2H3;2*1-8H;10*1-2H3. The number of hydrogen-bond acceptors (Lipinski definition) is 0. The van der Waals surface area contributed by atoms with Gasteiger partial charge in [-0.25, -0.2) is 0 Å². The molecule has 0 N–H and O–H groups in total. The van der Waals surface area contributed by atoms with Crippen molar-refractivity contribution in [3.63, 3.8) is 0 Å². The maximum atomic E-state index is 2.30. The Bertz CT molecular complexity index is 1320. The van der Waals surface area contributed by atoms with Crippen LogP contribution in [0.25, 0.3) is 32.7 Å². The Balaban J connectivity index is -0.000000135. The number of fused-ring (bicyclic) bond motifs is 5. The molecule has 6 aromatic rings. The third-order valence-corrected chi connectivity index (χ3v) is 6.81. The van der Waals surface area contributed by atoms with Crippen molar-refractivity contribution in [2.75, 3.05) is 0 Å². The Kier molecular flexibility index (Phi) is 54.7. The van der Waals surface area contributed by atoms with Gasteiger partial charge < -0.3 is 0 Å². The molecule has 1 aliphatic carbocycles. The fourth-order valence-electron chi connectivity index (χ4n) is 4.94. The summed E-state index contributed by atoms with van der Waals surface area (Å²) < 4.78 is 0. The fourth-order valence-corrected chi connectivity index (χ4v) is 4.94. The van der Waals surface area contributed by atoms with Crippen LogP contribution < -0.4 is 0 Å². The second kappa shape index (κ2) is 47.9. The zero-order valence-corrected chi connectivity index (χ0v) is 40.4. The van der Waals surface area contributed by atoms with Crippen molar-refractivity contribution in [3.05, 3.63) is 157 Å². The van der Waals surface area contributed by atoms with E-state index >= 15 is 0 Å². The van der Waals surface area contributed by atoms with Crippen LogP contribution in [-0.4, -0.2) is 0 Å². The van der Waals surface area contributed by atoms with Crippen LogP contribution in [0.2, 0.25) is 0 Å². The molecule has 55 heavy (non-hydrogen) atoms. The highest BCUT2D eigenvalue weighted by molar-refractivity contribution is 5.83. The zero-order chi connectivity index (χ0) is 44.1. The van der Waals surface area contributed by atoms with E-state index in [1.165, 1.54) is 43.8 Å². The molecule has 0 spiro atoms. The Labute approximate surface area is 345 Å². The van der Waals surface area contributed by atoms with Gasteiger partial charge in [-0.3, -0.25) is 0 Å². The number of benzene rings is 6. The first kappa shape index (κ1) is 62.8. The molecule has 0 fully saturated rings. The van der Waals surface area contributed by atoms with Crippen LogP contribution in [0.1, 0.15) is 163 Å². The average Bonchev–Trinajstić information content (AvgIpc) is 3.56. The van der Waals surface area contributed by atoms with Crippen molar-refractivity contribution in [2.24, 2.45) is 0 Å². The highest BCUT2D eigenvalue weighted by atomic mass is 14.4. The van der Waals surface area contributed by atoms with E-state index in [-0.39, 0.29) is 5.41 Å². The molecule has 6 aromatic carbocycles. The van der Waals surface area contributed by atoms with E-state index in [4.69, 9.17) is 0 Å². The molecule has 0 heterocycles. The van der Waals surface area contributed by atoms with E-state index in [2.05, 4.69) is 159 Å². The van der Waals surface area contributed by atoms with Crippen LogP contribution in [-0.2, 0) is 5.41 Å². The summed E-state index contributed by atoms with van der Waals surface area (Å²) in [5, 5.41) is 5.24. The Morgan fingerprint density at radius 1 is 0.218 bits per heavy atom. The lowest BCUT2D eigenvalue weighted by Crippen LogP contribution is -2.14. The van der Waals surface area contributed by atoms with Gasteiger partial charge in [-0.05, 0) is 43.8 Å². The van der Waals surface area contributed by atoms with Gasteiger partial charge in [0, 0.05) is 5.41 Å². The van der Waals surface area contributed by atoms with Gasteiger partial charge in [0.1, 0.15) is 0 Å². The Morgan fingerprint density at radius 2 is 0.364 bits per heavy atom. The van der Waals surface area contributed by atoms with Gasteiger partial charge in [0.05, 0.1) is 0 Å². The van der Waals surface area contributed by atoms with Gasteiger partial charge in [0.2, 0.25) is 0 Å². The molecule has 0 radical (unpaired) electrons. The van der Waals surface area contributed by atoms with Gasteiger partial charge >= 0.3 is 0 Å². The normalized spacial score (nSPS) is 9.05. The minimum atomic E-state index is 0.160. The SMILES string of the molecule is CC.CC.CC.CC.CC.CC.CC.CC.CC.CC.CC1(C)c2ccccc2-c2ccccc21.c1ccc2ccccc2c1.c1ccc2ccccc2c1. The van der Waals surface area contributed by atoms with Gasteiger partial charge in [0.25, 0.3) is 0 Å². The van der Waals surface area contributed by atoms with Crippen molar-refractivity contribution < 1.29 is 0 Å². The van der Waals surface area contributed by atoms with Crippen molar-refractivity contribution in [2.45, 2.75) is 158 Å². The summed E-state index contributed by atoms with van der Waals surface area (Å²) in [6, 6.07) is 50.9. The molecular weight excluding hydrogens is 661 g/mol. The molecule has 0 aromatic heterocycles. The van der Waals surface area contributed by atoms with Gasteiger partial charge in [-0.2, -0.15) is 0 Å². The first-order valence-electron chi connectivity index (χ1n) is 22.2. The monoisotopic (exact) mass is 751 g/mol. The predicted octanol–water partition coefficient (Wildman–Crippen LogP) is 19.9. The largest absolute Gasteiger partial charge is 0.0683 e. The predicted molar refractivity (Wildman–Crippen MR) is 265 cm³/mol. The fraction of sp³-hybridized carbons (Fsp3) is 0.418. The van der Waals surface area contributed by atoms with E-state index in [1.54, 1.807) is 0 Å². The van der Waals surface area contributed by atoms with Crippen molar-refractivity contribution in [1.29, 1.82) is 0 Å². The summed E-state index contributed by atoms with van der Waals surface area (Å²) >= 11 is 0. The zero-order valence-electron chi connectivity index (χ0n) is 40.4. The summed E-state index contributed by atoms with van der Waals surface area (Å²) in [4.78, 5) is 0. The van der Waals surface area contributed by atoms with E-state index < -0.39 is 0 Å². The topological polar surface area (TPSA) is 0 Å². The second-order valence-corrected chi connectivity index (χ2v) is 9.41. The van der Waals surface area contributed by atoms with Crippen LogP contribution in [0, 0.1) is 0 Å². The molecule has 0 atom stereocenters. The highest BCUT2D eigenvalue weighted by Gasteiger charge is 2.34. The third-order valence-electron chi connectivity index (χ3n) is 6.81. The molecule has 0 amide bonds.